The number of likely N-dealkylation sites (tertiary alicyclic amines) is 1. The van der Waals surface area contributed by atoms with Gasteiger partial charge in [0.05, 0.1) is 0 Å². The maximum absolute atomic E-state index is 3.77. The highest BCUT2D eigenvalue weighted by Gasteiger charge is 2.38. The second-order valence-electron chi connectivity index (χ2n) is 7.09. The van der Waals surface area contributed by atoms with Crippen LogP contribution >= 0.6 is 0 Å². The number of likely N-dealkylation sites (N-methyl/N-ethyl adjacent to an activating group) is 1. The summed E-state index contributed by atoms with van der Waals surface area (Å²) in [5.41, 5.74) is 0. The Labute approximate surface area is 120 Å². The minimum atomic E-state index is 0.742. The zero-order valence-electron chi connectivity index (χ0n) is 13.5. The van der Waals surface area contributed by atoms with E-state index in [-0.39, 0.29) is 0 Å². The molecule has 0 bridgehead atoms. The molecular weight excluding hydrogens is 232 g/mol. The Balaban J connectivity index is 2.02. The van der Waals surface area contributed by atoms with Crippen molar-refractivity contribution in [3.05, 3.63) is 0 Å². The average molecular weight is 266 g/mol. The largest absolute Gasteiger partial charge is 0.313 e. The third-order valence-electron chi connectivity index (χ3n) is 5.35. The fraction of sp³-hybridized carbons (Fsp3) is 1.00. The van der Waals surface area contributed by atoms with Crippen molar-refractivity contribution >= 4 is 0 Å². The Kier molecular flexibility index (Phi) is 5.70. The third kappa shape index (κ3) is 3.72. The van der Waals surface area contributed by atoms with E-state index in [1.54, 1.807) is 0 Å². The van der Waals surface area contributed by atoms with Crippen molar-refractivity contribution in [2.24, 2.45) is 11.8 Å². The Morgan fingerprint density at radius 1 is 1.11 bits per heavy atom. The molecule has 1 N–H and O–H groups in total. The number of nitrogens with zero attached hydrogens (tertiary/aromatic N) is 1. The summed E-state index contributed by atoms with van der Waals surface area (Å²) in [6.07, 6.45) is 8.46. The Morgan fingerprint density at radius 2 is 1.89 bits per heavy atom. The predicted molar refractivity (Wildman–Crippen MR) is 83.5 cm³/mol. The summed E-state index contributed by atoms with van der Waals surface area (Å²) in [5, 5.41) is 3.77. The molecule has 0 radical (unpaired) electrons. The molecule has 2 rings (SSSR count). The van der Waals surface area contributed by atoms with Crippen LogP contribution in [0.5, 0.6) is 0 Å². The van der Waals surface area contributed by atoms with Crippen molar-refractivity contribution in [3.8, 4) is 0 Å². The van der Waals surface area contributed by atoms with Gasteiger partial charge in [0.15, 0.2) is 0 Å². The second kappa shape index (κ2) is 7.08. The number of rotatable bonds is 5. The lowest BCUT2D eigenvalue weighted by atomic mass is 9.79. The maximum Gasteiger partial charge on any atom is 0.0254 e. The van der Waals surface area contributed by atoms with Gasteiger partial charge in [0.1, 0.15) is 0 Å². The summed E-state index contributed by atoms with van der Waals surface area (Å²) < 4.78 is 0. The van der Waals surface area contributed by atoms with E-state index >= 15 is 0 Å². The van der Waals surface area contributed by atoms with Gasteiger partial charge in [0.2, 0.25) is 0 Å². The fourth-order valence-corrected chi connectivity index (χ4v) is 4.56. The van der Waals surface area contributed by atoms with Crippen LogP contribution in [0.1, 0.15) is 66.2 Å². The molecule has 1 heterocycles. The second-order valence-corrected chi connectivity index (χ2v) is 7.09. The molecule has 2 heteroatoms. The average Bonchev–Trinajstić information content (AvgIpc) is 2.71. The standard InChI is InChI=1S/C17H34N2/c1-5-7-15-8-9-16(18-6-2)17(11-15)19-12-13(3)10-14(19)4/h13-18H,5-12H2,1-4H3. The van der Waals surface area contributed by atoms with Gasteiger partial charge >= 0.3 is 0 Å². The SMILES string of the molecule is CCCC1CCC(NCC)C(N2CC(C)CC2C)C1. The minimum Gasteiger partial charge on any atom is -0.313 e. The first-order valence-electron chi connectivity index (χ1n) is 8.64. The molecule has 5 atom stereocenters. The molecule has 0 spiro atoms. The highest BCUT2D eigenvalue weighted by atomic mass is 15.2. The highest BCUT2D eigenvalue weighted by Crippen LogP contribution is 2.35. The van der Waals surface area contributed by atoms with Gasteiger partial charge in [-0.15, -0.1) is 0 Å². The first kappa shape index (κ1) is 15.3. The molecule has 2 nitrogen and oxygen atoms in total. The third-order valence-corrected chi connectivity index (χ3v) is 5.35. The van der Waals surface area contributed by atoms with Crippen LogP contribution in [0, 0.1) is 11.8 Å². The van der Waals surface area contributed by atoms with Gasteiger partial charge in [0, 0.05) is 24.7 Å². The van der Waals surface area contributed by atoms with Crippen molar-refractivity contribution in [2.45, 2.75) is 84.3 Å². The molecule has 2 fully saturated rings. The van der Waals surface area contributed by atoms with Crippen LogP contribution in [-0.4, -0.2) is 36.1 Å². The Bertz CT molecular complexity index is 266. The summed E-state index contributed by atoms with van der Waals surface area (Å²) in [7, 11) is 0. The normalized spacial score (nSPS) is 40.7. The molecule has 0 aromatic rings. The Morgan fingerprint density at radius 3 is 2.47 bits per heavy atom. The van der Waals surface area contributed by atoms with Crippen molar-refractivity contribution in [1.29, 1.82) is 0 Å². The fourth-order valence-electron chi connectivity index (χ4n) is 4.56. The summed E-state index contributed by atoms with van der Waals surface area (Å²) in [6.45, 7) is 11.9. The van der Waals surface area contributed by atoms with Gasteiger partial charge in [-0.05, 0) is 51.0 Å². The van der Waals surface area contributed by atoms with Crippen LogP contribution in [-0.2, 0) is 0 Å². The van der Waals surface area contributed by atoms with E-state index in [9.17, 15) is 0 Å². The predicted octanol–water partition coefficient (Wildman–Crippen LogP) is 3.66. The van der Waals surface area contributed by atoms with Gasteiger partial charge in [-0.3, -0.25) is 4.90 Å². The van der Waals surface area contributed by atoms with E-state index in [4.69, 9.17) is 0 Å². The Hall–Kier alpha value is -0.0800. The first-order valence-corrected chi connectivity index (χ1v) is 8.64. The highest BCUT2D eigenvalue weighted by molar-refractivity contribution is 4.95. The van der Waals surface area contributed by atoms with Gasteiger partial charge in [0.25, 0.3) is 0 Å². The smallest absolute Gasteiger partial charge is 0.0254 e. The number of hydrogen-bond donors (Lipinski definition) is 1. The van der Waals surface area contributed by atoms with Gasteiger partial charge in [-0.2, -0.15) is 0 Å². The van der Waals surface area contributed by atoms with Crippen LogP contribution in [0.25, 0.3) is 0 Å². The van der Waals surface area contributed by atoms with Gasteiger partial charge in [-0.25, -0.2) is 0 Å². The van der Waals surface area contributed by atoms with Crippen LogP contribution in [0.3, 0.4) is 0 Å². The molecule has 1 saturated carbocycles. The monoisotopic (exact) mass is 266 g/mol. The molecule has 1 aliphatic heterocycles. The van der Waals surface area contributed by atoms with E-state index in [2.05, 4.69) is 37.9 Å². The molecule has 19 heavy (non-hydrogen) atoms. The van der Waals surface area contributed by atoms with Crippen molar-refractivity contribution in [3.63, 3.8) is 0 Å². The molecular formula is C17H34N2. The van der Waals surface area contributed by atoms with Crippen molar-refractivity contribution in [1.82, 2.24) is 10.2 Å². The zero-order chi connectivity index (χ0) is 13.8. The molecule has 1 saturated heterocycles. The maximum atomic E-state index is 3.77. The lowest BCUT2D eigenvalue weighted by Crippen LogP contribution is -2.54. The van der Waals surface area contributed by atoms with Crippen LogP contribution in [0.15, 0.2) is 0 Å². The quantitative estimate of drug-likeness (QED) is 0.817. The number of hydrogen-bond acceptors (Lipinski definition) is 2. The molecule has 5 unspecified atom stereocenters. The van der Waals surface area contributed by atoms with Crippen molar-refractivity contribution in [2.75, 3.05) is 13.1 Å². The lowest BCUT2D eigenvalue weighted by Gasteiger charge is -2.43. The first-order chi connectivity index (χ1) is 9.15. The van der Waals surface area contributed by atoms with Crippen LogP contribution in [0.4, 0.5) is 0 Å². The topological polar surface area (TPSA) is 15.3 Å². The van der Waals surface area contributed by atoms with E-state index in [1.165, 1.54) is 45.1 Å². The lowest BCUT2D eigenvalue weighted by molar-refractivity contribution is 0.0878. The molecule has 0 aromatic carbocycles. The number of nitrogens with one attached hydrogen (secondary N) is 1. The van der Waals surface area contributed by atoms with Gasteiger partial charge < -0.3 is 5.32 Å². The van der Waals surface area contributed by atoms with E-state index in [0.29, 0.717) is 0 Å². The summed E-state index contributed by atoms with van der Waals surface area (Å²) >= 11 is 0. The van der Waals surface area contributed by atoms with Crippen molar-refractivity contribution < 1.29 is 0 Å². The molecule has 112 valence electrons. The molecule has 2 aliphatic rings. The zero-order valence-corrected chi connectivity index (χ0v) is 13.5. The minimum absolute atomic E-state index is 0.742. The summed E-state index contributed by atoms with van der Waals surface area (Å²) in [6, 6.07) is 2.33. The molecule has 0 aromatic heterocycles. The molecule has 0 amide bonds. The van der Waals surface area contributed by atoms with E-state index < -0.39 is 0 Å². The van der Waals surface area contributed by atoms with E-state index in [0.717, 1.165) is 36.5 Å². The summed E-state index contributed by atoms with van der Waals surface area (Å²) in [4.78, 5) is 2.83. The van der Waals surface area contributed by atoms with Gasteiger partial charge in [-0.1, -0.05) is 33.6 Å². The summed E-state index contributed by atoms with van der Waals surface area (Å²) in [5.74, 6) is 1.87. The molecule has 1 aliphatic carbocycles. The van der Waals surface area contributed by atoms with E-state index in [1.807, 2.05) is 0 Å². The van der Waals surface area contributed by atoms with Crippen LogP contribution in [0.2, 0.25) is 0 Å². The van der Waals surface area contributed by atoms with Crippen LogP contribution < -0.4 is 5.32 Å².